The van der Waals surface area contributed by atoms with Gasteiger partial charge in [-0.15, -0.1) is 0 Å². The van der Waals surface area contributed by atoms with Crippen molar-refractivity contribution in [3.63, 3.8) is 0 Å². The Morgan fingerprint density at radius 3 is 1.38 bits per heavy atom. The molecule has 2 aliphatic carbocycles. The van der Waals surface area contributed by atoms with E-state index in [9.17, 15) is 17.0 Å². The van der Waals surface area contributed by atoms with Gasteiger partial charge in [0.15, 0.2) is 0 Å². The first-order valence-corrected chi connectivity index (χ1v) is 36.1. The van der Waals surface area contributed by atoms with E-state index in [2.05, 4.69) is 197 Å². The van der Waals surface area contributed by atoms with E-state index in [4.69, 9.17) is 0 Å². The fraction of sp³-hybridized carbons (Fsp3) is 0.333. The summed E-state index contributed by atoms with van der Waals surface area (Å²) in [5.41, 5.74) is 21.5. The topological polar surface area (TPSA) is 0 Å². The Balaban J connectivity index is 1.44. The van der Waals surface area contributed by atoms with Crippen molar-refractivity contribution >= 4 is 52.3 Å². The standard InChI is InChI=1S/2C24H29.C12H9Si.2ClH.Zr/c2*1-6-10-18-13-14-19-15-20(24(3,4)5)16-22(19)23(18)21-12-9-8-11-17(21)7-2;1-3-7-11-9(5-1)10-6-2-4-8-12(10)13-11;;;/h2*8-9,11-16H,6-7,10H2,1-5H3;1-7H,13H2;2*1H;/q;;;;;+2/p-2. The Morgan fingerprint density at radius 1 is 0.484 bits per heavy atom. The van der Waals surface area contributed by atoms with Gasteiger partial charge in [-0.1, -0.05) is 0 Å². The molecule has 2 atom stereocenters. The zero-order chi connectivity index (χ0) is 45.4. The third kappa shape index (κ3) is 7.23. The minimum absolute atomic E-state index is 0.157. The summed E-state index contributed by atoms with van der Waals surface area (Å²) in [6.07, 6.45) is 11.3. The first-order chi connectivity index (χ1) is 30.6. The van der Waals surface area contributed by atoms with Gasteiger partial charge in [-0.2, -0.15) is 0 Å². The number of benzene rings is 6. The van der Waals surface area contributed by atoms with Crippen molar-refractivity contribution in [3.8, 4) is 33.4 Å². The molecule has 0 N–H and O–H groups in total. The van der Waals surface area contributed by atoms with Crippen molar-refractivity contribution in [2.75, 3.05) is 0 Å². The number of hydrogen-bond donors (Lipinski definition) is 0. The molecule has 0 radical (unpaired) electrons. The average molecular weight is 978 g/mol. The fourth-order valence-electron chi connectivity index (χ4n) is 12.2. The van der Waals surface area contributed by atoms with E-state index in [1.54, 1.807) is 0 Å². The summed E-state index contributed by atoms with van der Waals surface area (Å²) in [6.45, 7) is 23.7. The first-order valence-electron chi connectivity index (χ1n) is 24.3. The summed E-state index contributed by atoms with van der Waals surface area (Å²) >= 11 is -5.86. The van der Waals surface area contributed by atoms with E-state index in [1.807, 2.05) is 0 Å². The summed E-state index contributed by atoms with van der Waals surface area (Å²) in [6, 6.07) is 44.3. The molecular weight excluding hydrogens is 911 g/mol. The molecule has 2 unspecified atom stereocenters. The monoisotopic (exact) mass is 975 g/mol. The molecule has 4 heteroatoms. The molecule has 0 spiro atoms. The number of hydrogen-bond acceptors (Lipinski definition) is 0. The molecule has 329 valence electrons. The third-order valence-corrected chi connectivity index (χ3v) is 37.6. The van der Waals surface area contributed by atoms with E-state index in [-0.39, 0.29) is 18.1 Å². The van der Waals surface area contributed by atoms with Crippen LogP contribution in [0.5, 0.6) is 0 Å². The van der Waals surface area contributed by atoms with Crippen LogP contribution in [-0.4, -0.2) is 9.52 Å². The van der Waals surface area contributed by atoms with Crippen molar-refractivity contribution in [3.05, 3.63) is 171 Å². The maximum absolute atomic E-state index is 9.65. The fourth-order valence-corrected chi connectivity index (χ4v) is 40.6. The van der Waals surface area contributed by atoms with Gasteiger partial charge in [-0.25, -0.2) is 0 Å². The van der Waals surface area contributed by atoms with Gasteiger partial charge in [-0.05, 0) is 0 Å². The number of fused-ring (bicyclic) bond motifs is 5. The van der Waals surface area contributed by atoms with Crippen LogP contribution in [0.25, 0.3) is 45.5 Å². The van der Waals surface area contributed by atoms with Gasteiger partial charge in [0.05, 0.1) is 0 Å². The Hall–Kier alpha value is -3.52. The normalized spacial score (nSPS) is 17.7. The molecule has 1 heterocycles. The molecule has 9 rings (SSSR count). The van der Waals surface area contributed by atoms with Crippen LogP contribution in [0, 0.1) is 10.8 Å². The second-order valence-electron chi connectivity index (χ2n) is 21.1. The summed E-state index contributed by atoms with van der Waals surface area (Å²) in [5.74, 6) is 0. The van der Waals surface area contributed by atoms with Crippen LogP contribution in [0.3, 0.4) is 0 Å². The van der Waals surface area contributed by atoms with E-state index < -0.39 is 25.9 Å². The second kappa shape index (κ2) is 17.0. The van der Waals surface area contributed by atoms with Crippen molar-refractivity contribution in [2.45, 2.75) is 115 Å². The molecule has 0 nitrogen and oxygen atoms in total. The van der Waals surface area contributed by atoms with Crippen molar-refractivity contribution < 1.29 is 16.4 Å². The second-order valence-corrected chi connectivity index (χ2v) is 43.5. The van der Waals surface area contributed by atoms with Crippen LogP contribution in [0.4, 0.5) is 0 Å². The maximum atomic E-state index is 9.65. The molecular formula is C60H67Cl2SiZr. The number of rotatable bonds is 11. The van der Waals surface area contributed by atoms with E-state index in [1.165, 1.54) is 103 Å². The van der Waals surface area contributed by atoms with Crippen LogP contribution >= 0.6 is 17.0 Å². The Labute approximate surface area is 395 Å². The Morgan fingerprint density at radius 2 is 0.922 bits per heavy atom. The predicted molar refractivity (Wildman–Crippen MR) is 282 cm³/mol. The predicted octanol–water partition coefficient (Wildman–Crippen LogP) is 15.1. The van der Waals surface area contributed by atoms with Crippen molar-refractivity contribution in [1.29, 1.82) is 0 Å². The van der Waals surface area contributed by atoms with Crippen LogP contribution in [0.2, 0.25) is 0 Å². The van der Waals surface area contributed by atoms with Crippen LogP contribution in [0.15, 0.2) is 126 Å². The zero-order valence-electron chi connectivity index (χ0n) is 40.0. The van der Waals surface area contributed by atoms with Crippen LogP contribution in [0.1, 0.15) is 134 Å². The van der Waals surface area contributed by atoms with Crippen LogP contribution in [-0.2, 0) is 42.1 Å². The van der Waals surface area contributed by atoms with Gasteiger partial charge in [0, 0.05) is 0 Å². The zero-order valence-corrected chi connectivity index (χ0v) is 45.4. The molecule has 0 aromatic heterocycles. The summed E-state index contributed by atoms with van der Waals surface area (Å²) in [7, 11) is 18.4. The molecule has 1 aliphatic heterocycles. The molecule has 64 heavy (non-hydrogen) atoms. The minimum atomic E-state index is -5.86. The van der Waals surface area contributed by atoms with E-state index in [0.29, 0.717) is 0 Å². The summed E-state index contributed by atoms with van der Waals surface area (Å²) < 4.78 is 0.985. The van der Waals surface area contributed by atoms with Gasteiger partial charge in [0.1, 0.15) is 0 Å². The van der Waals surface area contributed by atoms with Gasteiger partial charge in [0.2, 0.25) is 0 Å². The molecule has 0 saturated carbocycles. The van der Waals surface area contributed by atoms with E-state index >= 15 is 0 Å². The van der Waals surface area contributed by atoms with Gasteiger partial charge >= 0.3 is 399 Å². The Kier molecular flexibility index (Phi) is 12.1. The number of allylic oxidation sites excluding steroid dienone is 2. The molecule has 3 aliphatic rings. The van der Waals surface area contributed by atoms with Gasteiger partial charge < -0.3 is 0 Å². The number of halogens is 2. The van der Waals surface area contributed by atoms with E-state index in [0.717, 1.165) is 38.5 Å². The molecule has 0 saturated heterocycles. The Bertz CT molecular complexity index is 2730. The first kappa shape index (κ1) is 45.6. The van der Waals surface area contributed by atoms with Crippen molar-refractivity contribution in [1.82, 2.24) is 0 Å². The van der Waals surface area contributed by atoms with Gasteiger partial charge in [0.25, 0.3) is 0 Å². The molecule has 6 aromatic rings. The average Bonchev–Trinajstić information content (AvgIpc) is 4.00. The molecule has 6 aromatic carbocycles. The van der Waals surface area contributed by atoms with Gasteiger partial charge in [-0.3, -0.25) is 0 Å². The SMILES string of the molecule is CCCc1ccc2c(c1-c1ccccc1CC)C=C(C(C)(C)C)[CH]2[Zr]([Cl])([Cl])([c]1cccc2c1[SiH2]c1ccccc1-2)[CH]1C(C(C)(C)C)=Cc2c1ccc(CCC)c2-c1ccccc1CC. The molecule has 0 fully saturated rings. The number of aryl methyl sites for hydroxylation is 4. The quantitative estimate of drug-likeness (QED) is 0.113. The molecule has 0 bridgehead atoms. The van der Waals surface area contributed by atoms with Crippen molar-refractivity contribution in [2.24, 2.45) is 10.8 Å². The third-order valence-electron chi connectivity index (χ3n) is 15.1. The molecule has 0 amide bonds. The van der Waals surface area contributed by atoms with Crippen LogP contribution < -0.4 is 13.6 Å². The summed E-state index contributed by atoms with van der Waals surface area (Å²) in [4.78, 5) is 0. The summed E-state index contributed by atoms with van der Waals surface area (Å²) in [5, 5.41) is 2.97.